The first-order valence-corrected chi connectivity index (χ1v) is 5.81. The third-order valence-electron chi connectivity index (χ3n) is 2.05. The summed E-state index contributed by atoms with van der Waals surface area (Å²) in [7, 11) is 0. The molecule has 0 saturated heterocycles. The van der Waals surface area contributed by atoms with Gasteiger partial charge in [0.1, 0.15) is 16.7 Å². The Kier molecular flexibility index (Phi) is 3.10. The molecule has 0 amide bonds. The molecule has 1 aromatic carbocycles. The summed E-state index contributed by atoms with van der Waals surface area (Å²) >= 11 is 1.60. The third-order valence-corrected chi connectivity index (χ3v) is 2.95. The summed E-state index contributed by atoms with van der Waals surface area (Å²) in [6.07, 6.45) is 0. The molecule has 82 valence electrons. The monoisotopic (exact) mass is 231 g/mol. The minimum Gasteiger partial charge on any atom is -0.384 e. The van der Waals surface area contributed by atoms with Crippen LogP contribution < -0.4 is 5.73 Å². The number of benzene rings is 1. The van der Waals surface area contributed by atoms with Crippen LogP contribution in [0.2, 0.25) is 0 Å². The van der Waals surface area contributed by atoms with Crippen LogP contribution in [0.5, 0.6) is 0 Å². The van der Waals surface area contributed by atoms with Crippen molar-refractivity contribution in [1.82, 2.24) is 9.97 Å². The van der Waals surface area contributed by atoms with Gasteiger partial charge in [-0.3, -0.25) is 0 Å². The molecule has 0 radical (unpaired) electrons. The molecule has 0 aliphatic rings. The highest BCUT2D eigenvalue weighted by molar-refractivity contribution is 7.99. The zero-order chi connectivity index (χ0) is 11.5. The van der Waals surface area contributed by atoms with Crippen LogP contribution in [0.3, 0.4) is 0 Å². The molecule has 3 nitrogen and oxygen atoms in total. The number of aromatic nitrogens is 2. The number of anilines is 1. The summed E-state index contributed by atoms with van der Waals surface area (Å²) in [5.74, 6) is 1.22. The maximum absolute atomic E-state index is 5.68. The molecule has 0 bridgehead atoms. The van der Waals surface area contributed by atoms with Crippen molar-refractivity contribution in [3.8, 4) is 0 Å². The van der Waals surface area contributed by atoms with E-state index in [1.807, 2.05) is 13.0 Å². The molecule has 2 rings (SSSR count). The van der Waals surface area contributed by atoms with E-state index in [-0.39, 0.29) is 0 Å². The molecule has 1 aromatic heterocycles. The maximum atomic E-state index is 5.68. The van der Waals surface area contributed by atoms with Crippen LogP contribution in [0.1, 0.15) is 11.4 Å². The van der Waals surface area contributed by atoms with Gasteiger partial charge in [0.25, 0.3) is 0 Å². The molecule has 0 unspecified atom stereocenters. The van der Waals surface area contributed by atoms with Crippen LogP contribution in [0.25, 0.3) is 0 Å². The van der Waals surface area contributed by atoms with Crippen LogP contribution in [0.15, 0.2) is 40.3 Å². The van der Waals surface area contributed by atoms with E-state index in [2.05, 4.69) is 35.1 Å². The standard InChI is InChI=1S/C12H13N3S/c1-8-4-3-5-10(6-8)16-12-7-11(13)14-9(2)15-12/h3-7H,1-2H3,(H2,13,14,15). The quantitative estimate of drug-likeness (QED) is 0.807. The largest absolute Gasteiger partial charge is 0.384 e. The van der Waals surface area contributed by atoms with E-state index in [1.54, 1.807) is 17.8 Å². The Balaban J connectivity index is 2.27. The van der Waals surface area contributed by atoms with E-state index < -0.39 is 0 Å². The molecule has 4 heteroatoms. The minimum absolute atomic E-state index is 0.516. The van der Waals surface area contributed by atoms with E-state index in [0.29, 0.717) is 11.6 Å². The molecule has 0 aliphatic heterocycles. The van der Waals surface area contributed by atoms with Gasteiger partial charge in [-0.25, -0.2) is 9.97 Å². The van der Waals surface area contributed by atoms with Crippen molar-refractivity contribution in [3.05, 3.63) is 41.7 Å². The van der Waals surface area contributed by atoms with Gasteiger partial charge in [-0.2, -0.15) is 0 Å². The summed E-state index contributed by atoms with van der Waals surface area (Å²) in [5.41, 5.74) is 6.92. The van der Waals surface area contributed by atoms with Crippen molar-refractivity contribution < 1.29 is 0 Å². The first-order chi connectivity index (χ1) is 7.63. The van der Waals surface area contributed by atoms with Crippen LogP contribution in [0, 0.1) is 13.8 Å². The maximum Gasteiger partial charge on any atom is 0.128 e. The number of hydrogen-bond donors (Lipinski definition) is 1. The van der Waals surface area contributed by atoms with E-state index in [1.165, 1.54) is 5.56 Å². The highest BCUT2D eigenvalue weighted by Crippen LogP contribution is 2.27. The van der Waals surface area contributed by atoms with Gasteiger partial charge in [0.15, 0.2) is 0 Å². The summed E-state index contributed by atoms with van der Waals surface area (Å²) in [4.78, 5) is 9.54. The van der Waals surface area contributed by atoms with Gasteiger partial charge in [0, 0.05) is 11.0 Å². The Hall–Kier alpha value is -1.55. The fourth-order valence-electron chi connectivity index (χ4n) is 1.41. The second kappa shape index (κ2) is 4.53. The van der Waals surface area contributed by atoms with Gasteiger partial charge < -0.3 is 5.73 Å². The lowest BCUT2D eigenvalue weighted by Crippen LogP contribution is -1.96. The van der Waals surface area contributed by atoms with Crippen molar-refractivity contribution >= 4 is 17.6 Å². The molecular weight excluding hydrogens is 218 g/mol. The lowest BCUT2D eigenvalue weighted by atomic mass is 10.2. The zero-order valence-electron chi connectivity index (χ0n) is 9.27. The molecule has 16 heavy (non-hydrogen) atoms. The predicted molar refractivity (Wildman–Crippen MR) is 66.5 cm³/mol. The average molecular weight is 231 g/mol. The number of nitrogens with two attached hydrogens (primary N) is 1. The van der Waals surface area contributed by atoms with Crippen LogP contribution in [-0.4, -0.2) is 9.97 Å². The third kappa shape index (κ3) is 2.73. The van der Waals surface area contributed by atoms with E-state index in [9.17, 15) is 0 Å². The molecule has 0 fully saturated rings. The SMILES string of the molecule is Cc1cccc(Sc2cc(N)nc(C)n2)c1. The van der Waals surface area contributed by atoms with Crippen molar-refractivity contribution in [2.45, 2.75) is 23.8 Å². The van der Waals surface area contributed by atoms with E-state index >= 15 is 0 Å². The summed E-state index contributed by atoms with van der Waals surface area (Å²) in [5, 5.41) is 0.885. The highest BCUT2D eigenvalue weighted by atomic mass is 32.2. The summed E-state index contributed by atoms with van der Waals surface area (Å²) < 4.78 is 0. The fraction of sp³-hybridized carbons (Fsp3) is 0.167. The Morgan fingerprint density at radius 1 is 1.12 bits per heavy atom. The summed E-state index contributed by atoms with van der Waals surface area (Å²) in [6, 6.07) is 10.1. The van der Waals surface area contributed by atoms with Crippen molar-refractivity contribution in [1.29, 1.82) is 0 Å². The Labute approximate surface area is 99.1 Å². The average Bonchev–Trinajstić information content (AvgIpc) is 2.15. The van der Waals surface area contributed by atoms with Crippen LogP contribution in [-0.2, 0) is 0 Å². The molecular formula is C12H13N3S. The second-order valence-corrected chi connectivity index (χ2v) is 4.69. The fourth-order valence-corrected chi connectivity index (χ4v) is 2.40. The topological polar surface area (TPSA) is 51.8 Å². The lowest BCUT2D eigenvalue weighted by molar-refractivity contribution is 0.975. The molecule has 1 heterocycles. The van der Waals surface area contributed by atoms with Crippen LogP contribution in [0.4, 0.5) is 5.82 Å². The second-order valence-electron chi connectivity index (χ2n) is 3.60. The van der Waals surface area contributed by atoms with E-state index in [0.717, 1.165) is 9.92 Å². The van der Waals surface area contributed by atoms with Crippen molar-refractivity contribution in [3.63, 3.8) is 0 Å². The van der Waals surface area contributed by atoms with Gasteiger partial charge in [0.2, 0.25) is 0 Å². The number of hydrogen-bond acceptors (Lipinski definition) is 4. The van der Waals surface area contributed by atoms with Gasteiger partial charge in [-0.15, -0.1) is 0 Å². The zero-order valence-corrected chi connectivity index (χ0v) is 10.1. The molecule has 2 aromatic rings. The molecule has 0 spiro atoms. The van der Waals surface area contributed by atoms with E-state index in [4.69, 9.17) is 5.73 Å². The van der Waals surface area contributed by atoms with Crippen LogP contribution >= 0.6 is 11.8 Å². The lowest BCUT2D eigenvalue weighted by Gasteiger charge is -2.03. The molecule has 0 saturated carbocycles. The molecule has 0 atom stereocenters. The molecule has 0 aliphatic carbocycles. The van der Waals surface area contributed by atoms with Gasteiger partial charge in [-0.1, -0.05) is 29.5 Å². The Morgan fingerprint density at radius 3 is 2.62 bits per heavy atom. The van der Waals surface area contributed by atoms with Crippen molar-refractivity contribution in [2.75, 3.05) is 5.73 Å². The Bertz CT molecular complexity index is 491. The van der Waals surface area contributed by atoms with Gasteiger partial charge >= 0.3 is 0 Å². The van der Waals surface area contributed by atoms with Gasteiger partial charge in [-0.05, 0) is 26.0 Å². The predicted octanol–water partition coefficient (Wildman–Crippen LogP) is 2.83. The van der Waals surface area contributed by atoms with Crippen molar-refractivity contribution in [2.24, 2.45) is 0 Å². The number of nitrogen functional groups attached to an aromatic ring is 1. The Morgan fingerprint density at radius 2 is 1.94 bits per heavy atom. The first kappa shape index (κ1) is 11.0. The highest BCUT2D eigenvalue weighted by Gasteiger charge is 2.02. The first-order valence-electron chi connectivity index (χ1n) is 4.99. The number of nitrogens with zero attached hydrogens (tertiary/aromatic N) is 2. The number of rotatable bonds is 2. The minimum atomic E-state index is 0.516. The smallest absolute Gasteiger partial charge is 0.128 e. The summed E-state index contributed by atoms with van der Waals surface area (Å²) in [6.45, 7) is 3.92. The molecule has 2 N–H and O–H groups in total. The van der Waals surface area contributed by atoms with Gasteiger partial charge in [0.05, 0.1) is 0 Å². The number of aryl methyl sites for hydroxylation is 2. The normalized spacial score (nSPS) is 10.4.